The highest BCUT2D eigenvalue weighted by Crippen LogP contribution is 2.51. The van der Waals surface area contributed by atoms with Crippen molar-refractivity contribution in [3.63, 3.8) is 0 Å². The molecule has 5 nitrogen and oxygen atoms in total. The molecule has 1 fully saturated rings. The average molecular weight is 476 g/mol. The van der Waals surface area contributed by atoms with Crippen molar-refractivity contribution in [2.24, 2.45) is 5.92 Å². The summed E-state index contributed by atoms with van der Waals surface area (Å²) in [5.41, 5.74) is 5.36. The van der Waals surface area contributed by atoms with Crippen molar-refractivity contribution in [3.05, 3.63) is 99.6 Å². The molecule has 6 heteroatoms. The minimum Gasteiger partial charge on any atom is -0.482 e. The molecule has 0 radical (unpaired) electrons. The summed E-state index contributed by atoms with van der Waals surface area (Å²) >= 11 is 6.37. The van der Waals surface area contributed by atoms with E-state index in [1.165, 1.54) is 16.7 Å². The van der Waals surface area contributed by atoms with Crippen LogP contribution in [0, 0.1) is 12.8 Å². The van der Waals surface area contributed by atoms with Gasteiger partial charge in [-0.3, -0.25) is 4.79 Å². The number of amides is 1. The molecule has 1 aliphatic carbocycles. The molecule has 1 saturated carbocycles. The Morgan fingerprint density at radius 1 is 1.03 bits per heavy atom. The first-order valence-corrected chi connectivity index (χ1v) is 11.9. The summed E-state index contributed by atoms with van der Waals surface area (Å²) in [6, 6.07) is 21.1. The normalized spacial score (nSPS) is 21.0. The number of benzene rings is 3. The first-order chi connectivity index (χ1) is 16.4. The minimum absolute atomic E-state index is 0.0589. The zero-order chi connectivity index (χ0) is 23.8. The standard InChI is InChI=1S/C28H26ClNO4/c1-17-6-2-4-8-20(17)22-15-23(22)28(33)30-13-12-18-7-3-5-9-21(18)27(30)24-14-19(29)10-11-25(24)34-16-26(31)32/h2-11,14,22-23,27H,12-13,15-16H2,1H3,(H,31,32). The number of fused-ring (bicyclic) bond motifs is 1. The van der Waals surface area contributed by atoms with Crippen LogP contribution in [0.1, 0.15) is 46.2 Å². The van der Waals surface area contributed by atoms with E-state index in [2.05, 4.69) is 25.1 Å². The Balaban J connectivity index is 1.52. The molecule has 34 heavy (non-hydrogen) atoms. The van der Waals surface area contributed by atoms with Crippen LogP contribution in [0.5, 0.6) is 5.75 Å². The van der Waals surface area contributed by atoms with Gasteiger partial charge in [-0.2, -0.15) is 0 Å². The van der Waals surface area contributed by atoms with Crippen molar-refractivity contribution in [2.75, 3.05) is 13.2 Å². The molecule has 0 aromatic heterocycles. The first kappa shape index (κ1) is 22.5. The summed E-state index contributed by atoms with van der Waals surface area (Å²) in [6.45, 7) is 2.21. The van der Waals surface area contributed by atoms with E-state index in [0.29, 0.717) is 22.9 Å². The van der Waals surface area contributed by atoms with Crippen LogP contribution in [-0.4, -0.2) is 35.0 Å². The Morgan fingerprint density at radius 3 is 2.53 bits per heavy atom. The summed E-state index contributed by atoms with van der Waals surface area (Å²) < 4.78 is 5.64. The third-order valence-corrected chi connectivity index (χ3v) is 7.11. The van der Waals surface area contributed by atoms with Gasteiger partial charge in [0.2, 0.25) is 5.91 Å². The number of hydrogen-bond donors (Lipinski definition) is 1. The zero-order valence-corrected chi connectivity index (χ0v) is 19.7. The predicted octanol–water partition coefficient (Wildman–Crippen LogP) is 5.39. The van der Waals surface area contributed by atoms with Gasteiger partial charge in [0, 0.05) is 23.0 Å². The maximum atomic E-state index is 13.9. The summed E-state index contributed by atoms with van der Waals surface area (Å²) in [5.74, 6) is -0.337. The number of rotatable bonds is 6. The molecule has 3 atom stereocenters. The van der Waals surface area contributed by atoms with Crippen LogP contribution in [0.4, 0.5) is 0 Å². The van der Waals surface area contributed by atoms with Gasteiger partial charge >= 0.3 is 5.97 Å². The number of carbonyl (C=O) groups excluding carboxylic acids is 1. The largest absolute Gasteiger partial charge is 0.482 e. The highest BCUT2D eigenvalue weighted by Gasteiger charge is 2.48. The van der Waals surface area contributed by atoms with Crippen LogP contribution >= 0.6 is 11.6 Å². The number of hydrogen-bond acceptors (Lipinski definition) is 3. The van der Waals surface area contributed by atoms with Crippen LogP contribution in [0.15, 0.2) is 66.7 Å². The Morgan fingerprint density at radius 2 is 1.76 bits per heavy atom. The van der Waals surface area contributed by atoms with Gasteiger partial charge in [-0.15, -0.1) is 0 Å². The fourth-order valence-electron chi connectivity index (χ4n) is 5.17. The van der Waals surface area contributed by atoms with E-state index in [0.717, 1.165) is 18.4 Å². The van der Waals surface area contributed by atoms with Gasteiger partial charge in [-0.1, -0.05) is 60.1 Å². The molecule has 0 bridgehead atoms. The Kier molecular flexibility index (Phi) is 6.05. The number of aliphatic carboxylic acids is 1. The summed E-state index contributed by atoms with van der Waals surface area (Å²) in [6.07, 6.45) is 1.61. The van der Waals surface area contributed by atoms with E-state index in [1.54, 1.807) is 18.2 Å². The molecule has 2 aliphatic rings. The van der Waals surface area contributed by atoms with Crippen molar-refractivity contribution in [3.8, 4) is 5.75 Å². The number of carboxylic acid groups (broad SMARTS) is 1. The Hall–Kier alpha value is -3.31. The summed E-state index contributed by atoms with van der Waals surface area (Å²) in [4.78, 5) is 27.0. The van der Waals surface area contributed by atoms with Gasteiger partial charge in [0.25, 0.3) is 0 Å². The lowest BCUT2D eigenvalue weighted by Crippen LogP contribution is -2.41. The van der Waals surface area contributed by atoms with E-state index in [4.69, 9.17) is 21.4 Å². The highest BCUT2D eigenvalue weighted by molar-refractivity contribution is 6.30. The third-order valence-electron chi connectivity index (χ3n) is 6.88. The van der Waals surface area contributed by atoms with Gasteiger partial charge in [0.05, 0.1) is 6.04 Å². The maximum absolute atomic E-state index is 13.9. The Bertz CT molecular complexity index is 1260. The molecular weight excluding hydrogens is 450 g/mol. The third kappa shape index (κ3) is 4.28. The summed E-state index contributed by atoms with van der Waals surface area (Å²) in [5, 5.41) is 9.67. The molecule has 1 amide bonds. The molecule has 3 unspecified atom stereocenters. The van der Waals surface area contributed by atoms with Crippen molar-refractivity contribution in [2.45, 2.75) is 31.7 Å². The SMILES string of the molecule is Cc1ccccc1C1CC1C(=O)N1CCc2ccccc2C1c1cc(Cl)ccc1OCC(=O)O. The second kappa shape index (κ2) is 9.15. The lowest BCUT2D eigenvalue weighted by molar-refractivity contribution is -0.139. The maximum Gasteiger partial charge on any atom is 0.341 e. The second-order valence-corrected chi connectivity index (χ2v) is 9.49. The molecular formula is C28H26ClNO4. The molecule has 1 aliphatic heterocycles. The lowest BCUT2D eigenvalue weighted by atomic mass is 9.87. The van der Waals surface area contributed by atoms with Gasteiger partial charge in [0.15, 0.2) is 6.61 Å². The van der Waals surface area contributed by atoms with Crippen molar-refractivity contribution in [1.29, 1.82) is 0 Å². The number of halogens is 1. The van der Waals surface area contributed by atoms with Gasteiger partial charge in [-0.25, -0.2) is 4.79 Å². The van der Waals surface area contributed by atoms with Crippen molar-refractivity contribution < 1.29 is 19.4 Å². The average Bonchev–Trinajstić information content (AvgIpc) is 3.63. The fraction of sp³-hybridized carbons (Fsp3) is 0.286. The fourth-order valence-corrected chi connectivity index (χ4v) is 5.35. The van der Waals surface area contributed by atoms with Crippen LogP contribution in [0.3, 0.4) is 0 Å². The van der Waals surface area contributed by atoms with Crippen LogP contribution in [-0.2, 0) is 16.0 Å². The quantitative estimate of drug-likeness (QED) is 0.519. The lowest BCUT2D eigenvalue weighted by Gasteiger charge is -2.38. The number of carboxylic acids is 1. The molecule has 0 spiro atoms. The molecule has 3 aromatic rings. The van der Waals surface area contributed by atoms with E-state index < -0.39 is 18.6 Å². The number of ether oxygens (including phenoxy) is 1. The van der Waals surface area contributed by atoms with Crippen molar-refractivity contribution >= 4 is 23.5 Å². The van der Waals surface area contributed by atoms with Crippen LogP contribution in [0.2, 0.25) is 5.02 Å². The smallest absolute Gasteiger partial charge is 0.341 e. The van der Waals surface area contributed by atoms with E-state index in [9.17, 15) is 9.59 Å². The number of carbonyl (C=O) groups is 2. The molecule has 1 heterocycles. The second-order valence-electron chi connectivity index (χ2n) is 9.05. The molecule has 5 rings (SSSR count). The van der Waals surface area contributed by atoms with Gasteiger partial charge in [-0.05, 0) is 66.1 Å². The zero-order valence-electron chi connectivity index (χ0n) is 18.9. The molecule has 174 valence electrons. The first-order valence-electron chi connectivity index (χ1n) is 11.5. The van der Waals surface area contributed by atoms with E-state index >= 15 is 0 Å². The number of aryl methyl sites for hydroxylation is 1. The Labute approximate surface area is 203 Å². The molecule has 1 N–H and O–H groups in total. The minimum atomic E-state index is -1.06. The topological polar surface area (TPSA) is 66.8 Å². The van der Waals surface area contributed by atoms with E-state index in [-0.39, 0.29) is 17.7 Å². The number of nitrogens with zero attached hydrogens (tertiary/aromatic N) is 1. The van der Waals surface area contributed by atoms with Crippen LogP contribution in [0.25, 0.3) is 0 Å². The summed E-state index contributed by atoms with van der Waals surface area (Å²) in [7, 11) is 0. The highest BCUT2D eigenvalue weighted by atomic mass is 35.5. The van der Waals surface area contributed by atoms with Crippen molar-refractivity contribution in [1.82, 2.24) is 4.90 Å². The van der Waals surface area contributed by atoms with Gasteiger partial charge in [0.1, 0.15) is 5.75 Å². The monoisotopic (exact) mass is 475 g/mol. The predicted molar refractivity (Wildman–Crippen MR) is 130 cm³/mol. The van der Waals surface area contributed by atoms with Crippen LogP contribution < -0.4 is 4.74 Å². The van der Waals surface area contributed by atoms with Gasteiger partial charge < -0.3 is 14.7 Å². The molecule has 3 aromatic carbocycles. The molecule has 0 saturated heterocycles. The van der Waals surface area contributed by atoms with E-state index in [1.807, 2.05) is 35.2 Å².